The zero-order valence-corrected chi connectivity index (χ0v) is 12.2. The average Bonchev–Trinajstić information content (AvgIpc) is 2.89. The molecule has 0 bridgehead atoms. The number of aromatic nitrogens is 2. The summed E-state index contributed by atoms with van der Waals surface area (Å²) in [4.78, 5) is 13.0. The molecule has 0 radical (unpaired) electrons. The minimum absolute atomic E-state index is 0.865. The Bertz CT molecular complexity index is 572. The van der Waals surface area contributed by atoms with Crippen LogP contribution in [0.15, 0.2) is 18.2 Å². The summed E-state index contributed by atoms with van der Waals surface area (Å²) in [5.41, 5.74) is 2.06. The molecule has 1 aromatic carbocycles. The first kappa shape index (κ1) is 13.4. The summed E-state index contributed by atoms with van der Waals surface area (Å²) < 4.78 is 5.24. The maximum Gasteiger partial charge on any atom is 0.121 e. The maximum absolute atomic E-state index is 5.24. The van der Waals surface area contributed by atoms with Crippen LogP contribution in [0.4, 0.5) is 0 Å². The Kier molecular flexibility index (Phi) is 3.89. The molecule has 1 aliphatic heterocycles. The first-order valence-electron chi connectivity index (χ1n) is 7.26. The second kappa shape index (κ2) is 5.81. The van der Waals surface area contributed by atoms with Crippen molar-refractivity contribution in [3.8, 4) is 5.75 Å². The number of hydrogen-bond donors (Lipinski definition) is 1. The number of rotatable bonds is 4. The zero-order chi connectivity index (χ0) is 13.9. The van der Waals surface area contributed by atoms with Crippen molar-refractivity contribution >= 4 is 11.0 Å². The molecule has 2 aromatic rings. The van der Waals surface area contributed by atoms with Gasteiger partial charge in [0.15, 0.2) is 0 Å². The van der Waals surface area contributed by atoms with Crippen molar-refractivity contribution in [2.75, 3.05) is 39.8 Å². The Labute approximate surface area is 119 Å². The minimum Gasteiger partial charge on any atom is -0.497 e. The molecule has 5 heteroatoms. The van der Waals surface area contributed by atoms with Crippen molar-refractivity contribution in [1.29, 1.82) is 0 Å². The average molecular weight is 274 g/mol. The summed E-state index contributed by atoms with van der Waals surface area (Å²) >= 11 is 0. The number of benzene rings is 1. The molecule has 0 saturated carbocycles. The van der Waals surface area contributed by atoms with Gasteiger partial charge in [-0.3, -0.25) is 4.90 Å². The van der Waals surface area contributed by atoms with Gasteiger partial charge < -0.3 is 14.6 Å². The molecule has 20 heavy (non-hydrogen) atoms. The number of methoxy groups -OCH3 is 1. The predicted octanol–water partition coefficient (Wildman–Crippen LogP) is 1.71. The standard InChI is InChI=1S/C15H22N4O/c1-3-18-6-8-19(9-7-18)11-15-16-13-5-4-12(20-2)10-14(13)17-15/h4-5,10H,3,6-9,11H2,1-2H3,(H,16,17). The second-order valence-corrected chi connectivity index (χ2v) is 5.28. The topological polar surface area (TPSA) is 44.4 Å². The normalized spacial score (nSPS) is 17.7. The number of hydrogen-bond acceptors (Lipinski definition) is 4. The molecule has 0 atom stereocenters. The first-order valence-corrected chi connectivity index (χ1v) is 7.26. The number of likely N-dealkylation sites (N-methyl/N-ethyl adjacent to an activating group) is 1. The number of nitrogens with one attached hydrogen (secondary N) is 1. The third-order valence-corrected chi connectivity index (χ3v) is 4.02. The minimum atomic E-state index is 0.865. The van der Waals surface area contributed by atoms with Gasteiger partial charge in [-0.05, 0) is 18.7 Å². The quantitative estimate of drug-likeness (QED) is 0.922. The van der Waals surface area contributed by atoms with Crippen LogP contribution in [0, 0.1) is 0 Å². The van der Waals surface area contributed by atoms with E-state index >= 15 is 0 Å². The van der Waals surface area contributed by atoms with Gasteiger partial charge in [0.25, 0.3) is 0 Å². The monoisotopic (exact) mass is 274 g/mol. The van der Waals surface area contributed by atoms with Crippen molar-refractivity contribution in [2.24, 2.45) is 0 Å². The van der Waals surface area contributed by atoms with Crippen LogP contribution in [-0.2, 0) is 6.54 Å². The molecule has 108 valence electrons. The van der Waals surface area contributed by atoms with Crippen molar-refractivity contribution in [3.63, 3.8) is 0 Å². The molecule has 5 nitrogen and oxygen atoms in total. The largest absolute Gasteiger partial charge is 0.497 e. The van der Waals surface area contributed by atoms with E-state index in [0.717, 1.165) is 61.9 Å². The van der Waals surface area contributed by atoms with Crippen molar-refractivity contribution < 1.29 is 4.74 Å². The predicted molar refractivity (Wildman–Crippen MR) is 80.0 cm³/mol. The van der Waals surface area contributed by atoms with Gasteiger partial charge in [0.05, 0.1) is 24.7 Å². The van der Waals surface area contributed by atoms with E-state index in [0.29, 0.717) is 0 Å². The Morgan fingerprint density at radius 2 is 1.95 bits per heavy atom. The van der Waals surface area contributed by atoms with E-state index in [1.54, 1.807) is 7.11 Å². The van der Waals surface area contributed by atoms with Crippen LogP contribution in [-0.4, -0.2) is 59.6 Å². The van der Waals surface area contributed by atoms with Gasteiger partial charge in [-0.25, -0.2) is 4.98 Å². The Balaban J connectivity index is 1.68. The molecule has 0 unspecified atom stereocenters. The van der Waals surface area contributed by atoms with E-state index in [-0.39, 0.29) is 0 Å². The lowest BCUT2D eigenvalue weighted by atomic mass is 10.3. The molecule has 1 fully saturated rings. The maximum atomic E-state index is 5.24. The van der Waals surface area contributed by atoms with Crippen LogP contribution >= 0.6 is 0 Å². The van der Waals surface area contributed by atoms with Crippen LogP contribution in [0.3, 0.4) is 0 Å². The van der Waals surface area contributed by atoms with Crippen LogP contribution in [0.25, 0.3) is 11.0 Å². The van der Waals surface area contributed by atoms with E-state index in [4.69, 9.17) is 4.74 Å². The smallest absolute Gasteiger partial charge is 0.121 e. The molecule has 1 N–H and O–H groups in total. The van der Waals surface area contributed by atoms with E-state index in [1.807, 2.05) is 18.2 Å². The number of ether oxygens (including phenoxy) is 1. The molecule has 0 spiro atoms. The fourth-order valence-electron chi connectivity index (χ4n) is 2.72. The molecule has 1 aliphatic rings. The first-order chi connectivity index (χ1) is 9.78. The highest BCUT2D eigenvalue weighted by atomic mass is 16.5. The van der Waals surface area contributed by atoms with Crippen molar-refractivity contribution in [2.45, 2.75) is 13.5 Å². The van der Waals surface area contributed by atoms with Crippen molar-refractivity contribution in [1.82, 2.24) is 19.8 Å². The lowest BCUT2D eigenvalue weighted by molar-refractivity contribution is 0.130. The molecular weight excluding hydrogens is 252 g/mol. The Morgan fingerprint density at radius 1 is 1.20 bits per heavy atom. The van der Waals surface area contributed by atoms with E-state index in [9.17, 15) is 0 Å². The van der Waals surface area contributed by atoms with Gasteiger partial charge in [0.1, 0.15) is 11.6 Å². The van der Waals surface area contributed by atoms with Crippen LogP contribution < -0.4 is 4.74 Å². The highest BCUT2D eigenvalue weighted by Gasteiger charge is 2.16. The summed E-state index contributed by atoms with van der Waals surface area (Å²) in [5.74, 6) is 1.91. The van der Waals surface area contributed by atoms with Gasteiger partial charge in [-0.15, -0.1) is 0 Å². The summed E-state index contributed by atoms with van der Waals surface area (Å²) in [7, 11) is 1.69. The number of nitrogens with zero attached hydrogens (tertiary/aromatic N) is 3. The molecule has 2 heterocycles. The Hall–Kier alpha value is -1.59. The lowest BCUT2D eigenvalue weighted by Gasteiger charge is -2.33. The van der Waals surface area contributed by atoms with Crippen LogP contribution in [0.5, 0.6) is 5.75 Å². The van der Waals surface area contributed by atoms with Gasteiger partial charge in [0, 0.05) is 32.2 Å². The van der Waals surface area contributed by atoms with Crippen LogP contribution in [0.1, 0.15) is 12.7 Å². The SMILES string of the molecule is CCN1CCN(Cc2nc3ccc(OC)cc3[nH]2)CC1. The number of imidazole rings is 1. The van der Waals surface area contributed by atoms with Gasteiger partial charge in [0.2, 0.25) is 0 Å². The van der Waals surface area contributed by atoms with E-state index < -0.39 is 0 Å². The van der Waals surface area contributed by atoms with Gasteiger partial charge in [-0.1, -0.05) is 6.92 Å². The van der Waals surface area contributed by atoms with Crippen LogP contribution in [0.2, 0.25) is 0 Å². The Morgan fingerprint density at radius 3 is 2.65 bits per heavy atom. The zero-order valence-electron chi connectivity index (χ0n) is 12.2. The highest BCUT2D eigenvalue weighted by molar-refractivity contribution is 5.76. The van der Waals surface area contributed by atoms with E-state index in [1.165, 1.54) is 0 Å². The summed E-state index contributed by atoms with van der Waals surface area (Å²) in [5, 5.41) is 0. The second-order valence-electron chi connectivity index (χ2n) is 5.28. The fourth-order valence-corrected chi connectivity index (χ4v) is 2.72. The third-order valence-electron chi connectivity index (χ3n) is 4.02. The molecule has 0 aliphatic carbocycles. The number of H-pyrrole nitrogens is 1. The molecule has 1 saturated heterocycles. The third kappa shape index (κ3) is 2.78. The molecule has 0 amide bonds. The number of aromatic amines is 1. The van der Waals surface area contributed by atoms with Gasteiger partial charge >= 0.3 is 0 Å². The summed E-state index contributed by atoms with van der Waals surface area (Å²) in [6, 6.07) is 5.96. The summed E-state index contributed by atoms with van der Waals surface area (Å²) in [6.45, 7) is 8.83. The van der Waals surface area contributed by atoms with E-state index in [2.05, 4.69) is 26.7 Å². The highest BCUT2D eigenvalue weighted by Crippen LogP contribution is 2.19. The number of fused-ring (bicyclic) bond motifs is 1. The molecular formula is C15H22N4O. The molecule has 3 rings (SSSR count). The number of piperazine rings is 1. The lowest BCUT2D eigenvalue weighted by Crippen LogP contribution is -2.45. The molecule has 1 aromatic heterocycles. The summed E-state index contributed by atoms with van der Waals surface area (Å²) in [6.07, 6.45) is 0. The van der Waals surface area contributed by atoms with Gasteiger partial charge in [-0.2, -0.15) is 0 Å². The van der Waals surface area contributed by atoms with Crippen molar-refractivity contribution in [3.05, 3.63) is 24.0 Å². The fraction of sp³-hybridized carbons (Fsp3) is 0.533.